The van der Waals surface area contributed by atoms with Gasteiger partial charge in [-0.2, -0.15) is 4.98 Å². The molecule has 8 heteroatoms. The van der Waals surface area contributed by atoms with Gasteiger partial charge < -0.3 is 5.32 Å². The molecule has 27 heavy (non-hydrogen) atoms. The lowest BCUT2D eigenvalue weighted by Gasteiger charge is -2.10. The van der Waals surface area contributed by atoms with Gasteiger partial charge in [0.2, 0.25) is 5.95 Å². The lowest BCUT2D eigenvalue weighted by atomic mass is 10.0. The summed E-state index contributed by atoms with van der Waals surface area (Å²) in [6.07, 6.45) is 1.59. The fraction of sp³-hybridized carbons (Fsp3) is 0. The second-order valence-electron chi connectivity index (χ2n) is 5.70. The first-order chi connectivity index (χ1) is 13.0. The van der Waals surface area contributed by atoms with Crippen LogP contribution in [-0.2, 0) is 0 Å². The Morgan fingerprint density at radius 3 is 2.52 bits per heavy atom. The summed E-state index contributed by atoms with van der Waals surface area (Å²) in [5.74, 6) is 0.223. The largest absolute Gasteiger partial charge is 0.324 e. The molecule has 0 fully saturated rings. The number of benzene rings is 2. The molecule has 0 amide bonds. The molecule has 0 unspecified atom stereocenters. The summed E-state index contributed by atoms with van der Waals surface area (Å²) in [5, 5.41) is 4.80. The van der Waals surface area contributed by atoms with Crippen LogP contribution in [-0.4, -0.2) is 15.0 Å². The van der Waals surface area contributed by atoms with Crippen LogP contribution in [0.4, 0.5) is 11.6 Å². The highest BCUT2D eigenvalue weighted by atomic mass is 35.5. The lowest BCUT2D eigenvalue weighted by molar-refractivity contribution is 1.14. The third-order valence-corrected chi connectivity index (χ3v) is 4.83. The average molecular weight is 418 g/mol. The van der Waals surface area contributed by atoms with Crippen molar-refractivity contribution in [1.29, 1.82) is 0 Å². The van der Waals surface area contributed by atoms with Crippen molar-refractivity contribution in [1.82, 2.24) is 15.0 Å². The first-order valence-electron chi connectivity index (χ1n) is 7.89. The highest BCUT2D eigenvalue weighted by Crippen LogP contribution is 2.31. The Balaban J connectivity index is 1.84. The van der Waals surface area contributed by atoms with Crippen LogP contribution >= 0.6 is 34.8 Å². The molecule has 0 atom stereocenters. The minimum atomic E-state index is -0.337. The van der Waals surface area contributed by atoms with Crippen LogP contribution in [0.5, 0.6) is 0 Å². The number of pyridine rings is 1. The van der Waals surface area contributed by atoms with Crippen LogP contribution in [0.25, 0.3) is 22.2 Å². The van der Waals surface area contributed by atoms with E-state index in [-0.39, 0.29) is 11.5 Å². The predicted octanol–water partition coefficient (Wildman–Crippen LogP) is 5.69. The Hall–Kier alpha value is -2.60. The van der Waals surface area contributed by atoms with Gasteiger partial charge in [0.1, 0.15) is 0 Å². The van der Waals surface area contributed by atoms with Gasteiger partial charge in [-0.05, 0) is 30.3 Å². The highest BCUT2D eigenvalue weighted by Gasteiger charge is 2.14. The first-order valence-corrected chi connectivity index (χ1v) is 9.02. The van der Waals surface area contributed by atoms with E-state index in [9.17, 15) is 4.79 Å². The molecule has 0 radical (unpaired) electrons. The van der Waals surface area contributed by atoms with Crippen molar-refractivity contribution >= 4 is 57.5 Å². The second-order valence-corrected chi connectivity index (χ2v) is 6.95. The predicted molar refractivity (Wildman–Crippen MR) is 110 cm³/mol. The zero-order chi connectivity index (χ0) is 19.0. The zero-order valence-corrected chi connectivity index (χ0v) is 15.9. The van der Waals surface area contributed by atoms with E-state index in [4.69, 9.17) is 34.8 Å². The van der Waals surface area contributed by atoms with Gasteiger partial charge in [0.05, 0.1) is 16.1 Å². The summed E-state index contributed by atoms with van der Waals surface area (Å²) in [6.45, 7) is 0. The SMILES string of the molecule is O=c1[nH]c(Nc2ccc(Cl)cc2Cl)nc2nccc(-c3ccccc3Cl)c12. The van der Waals surface area contributed by atoms with Crippen LogP contribution in [0.2, 0.25) is 15.1 Å². The number of aromatic nitrogens is 3. The van der Waals surface area contributed by atoms with E-state index in [1.54, 1.807) is 36.5 Å². The van der Waals surface area contributed by atoms with Crippen molar-refractivity contribution in [3.05, 3.63) is 80.1 Å². The zero-order valence-electron chi connectivity index (χ0n) is 13.6. The molecule has 0 saturated carbocycles. The van der Waals surface area contributed by atoms with Crippen LogP contribution in [0.15, 0.2) is 59.5 Å². The molecule has 0 saturated heterocycles. The van der Waals surface area contributed by atoms with Crippen LogP contribution in [0.1, 0.15) is 0 Å². The highest BCUT2D eigenvalue weighted by molar-refractivity contribution is 6.36. The molecule has 0 bridgehead atoms. The number of halogens is 3. The number of aromatic amines is 1. The number of hydrogen-bond acceptors (Lipinski definition) is 4. The topological polar surface area (TPSA) is 70.7 Å². The van der Waals surface area contributed by atoms with Gasteiger partial charge >= 0.3 is 0 Å². The quantitative estimate of drug-likeness (QED) is 0.449. The van der Waals surface area contributed by atoms with E-state index in [0.717, 1.165) is 5.56 Å². The van der Waals surface area contributed by atoms with Crippen molar-refractivity contribution in [2.24, 2.45) is 0 Å². The van der Waals surface area contributed by atoms with Crippen LogP contribution in [0.3, 0.4) is 0 Å². The maximum absolute atomic E-state index is 12.8. The molecule has 0 aliphatic rings. The standard InChI is InChI=1S/C19H11Cl3N4O/c20-10-5-6-15(14(22)9-10)24-19-25-17-16(18(27)26-19)12(7-8-23-17)11-3-1-2-4-13(11)21/h1-9H,(H2,23,24,25,26,27). The Morgan fingerprint density at radius 1 is 0.926 bits per heavy atom. The maximum Gasteiger partial charge on any atom is 0.262 e. The summed E-state index contributed by atoms with van der Waals surface area (Å²) >= 11 is 18.4. The van der Waals surface area contributed by atoms with E-state index in [0.29, 0.717) is 37.4 Å². The number of rotatable bonds is 3. The molecule has 134 valence electrons. The molecule has 0 aliphatic heterocycles. The van der Waals surface area contributed by atoms with Crippen molar-refractivity contribution < 1.29 is 0 Å². The molecule has 2 aromatic carbocycles. The Labute approximate surface area is 169 Å². The Kier molecular flexibility index (Phi) is 4.74. The Bertz CT molecular complexity index is 1220. The normalized spacial score (nSPS) is 10.9. The first kappa shape index (κ1) is 17.8. The van der Waals surface area contributed by atoms with E-state index < -0.39 is 0 Å². The van der Waals surface area contributed by atoms with E-state index in [1.807, 2.05) is 18.2 Å². The third-order valence-electron chi connectivity index (χ3n) is 3.96. The van der Waals surface area contributed by atoms with Gasteiger partial charge in [0, 0.05) is 27.4 Å². The molecule has 2 heterocycles. The van der Waals surface area contributed by atoms with Gasteiger partial charge in [0.15, 0.2) is 5.65 Å². The van der Waals surface area contributed by atoms with E-state index in [2.05, 4.69) is 20.3 Å². The fourth-order valence-electron chi connectivity index (χ4n) is 2.74. The summed E-state index contributed by atoms with van der Waals surface area (Å²) < 4.78 is 0. The number of nitrogens with one attached hydrogen (secondary N) is 2. The van der Waals surface area contributed by atoms with E-state index in [1.165, 1.54) is 0 Å². The molecule has 2 N–H and O–H groups in total. The maximum atomic E-state index is 12.8. The van der Waals surface area contributed by atoms with Crippen molar-refractivity contribution in [2.75, 3.05) is 5.32 Å². The summed E-state index contributed by atoms with van der Waals surface area (Å²) in [6, 6.07) is 14.0. The van der Waals surface area contributed by atoms with Gasteiger partial charge in [-0.25, -0.2) is 4.98 Å². The molecule has 5 nitrogen and oxygen atoms in total. The number of nitrogens with zero attached hydrogens (tertiary/aromatic N) is 2. The molecule has 4 rings (SSSR count). The van der Waals surface area contributed by atoms with Crippen molar-refractivity contribution in [2.45, 2.75) is 0 Å². The third kappa shape index (κ3) is 3.49. The van der Waals surface area contributed by atoms with Crippen LogP contribution in [0, 0.1) is 0 Å². The summed E-state index contributed by atoms with van der Waals surface area (Å²) in [4.78, 5) is 24.1. The van der Waals surface area contributed by atoms with Gasteiger partial charge in [-0.1, -0.05) is 53.0 Å². The number of H-pyrrole nitrogens is 1. The Morgan fingerprint density at radius 2 is 1.74 bits per heavy atom. The van der Waals surface area contributed by atoms with Crippen molar-refractivity contribution in [3.63, 3.8) is 0 Å². The molecule has 0 aliphatic carbocycles. The molecule has 0 spiro atoms. The number of hydrogen-bond donors (Lipinski definition) is 2. The average Bonchev–Trinajstić information content (AvgIpc) is 2.64. The lowest BCUT2D eigenvalue weighted by Crippen LogP contribution is -2.13. The molecular formula is C19H11Cl3N4O. The molecule has 4 aromatic rings. The van der Waals surface area contributed by atoms with Crippen LogP contribution < -0.4 is 10.9 Å². The van der Waals surface area contributed by atoms with Gasteiger partial charge in [-0.3, -0.25) is 9.78 Å². The fourth-order valence-corrected chi connectivity index (χ4v) is 3.44. The molecule has 2 aromatic heterocycles. The summed E-state index contributed by atoms with van der Waals surface area (Å²) in [7, 11) is 0. The van der Waals surface area contributed by atoms with Crippen molar-refractivity contribution in [3.8, 4) is 11.1 Å². The number of fused-ring (bicyclic) bond motifs is 1. The van der Waals surface area contributed by atoms with Gasteiger partial charge in [0.25, 0.3) is 5.56 Å². The molecular weight excluding hydrogens is 407 g/mol. The second kappa shape index (κ2) is 7.19. The van der Waals surface area contributed by atoms with E-state index >= 15 is 0 Å². The summed E-state index contributed by atoms with van der Waals surface area (Å²) in [5.41, 5.74) is 1.92. The smallest absolute Gasteiger partial charge is 0.262 e. The monoisotopic (exact) mass is 416 g/mol. The minimum absolute atomic E-state index is 0.223. The number of anilines is 2. The minimum Gasteiger partial charge on any atom is -0.324 e. The van der Waals surface area contributed by atoms with Gasteiger partial charge in [-0.15, -0.1) is 0 Å².